The minimum absolute atomic E-state index is 0.130. The van der Waals surface area contributed by atoms with E-state index in [0.29, 0.717) is 29.3 Å². The number of hydrogen-bond donors (Lipinski definition) is 2. The maximum Gasteiger partial charge on any atom is 0.0648 e. The number of aliphatic hydroxyl groups is 2. The van der Waals surface area contributed by atoms with Crippen molar-refractivity contribution in [1.82, 2.24) is 0 Å². The average Bonchev–Trinajstić information content (AvgIpc) is 2.82. The summed E-state index contributed by atoms with van der Waals surface area (Å²) in [6, 6.07) is 0. The monoisotopic (exact) mass is 306 g/mol. The zero-order chi connectivity index (χ0) is 15.8. The van der Waals surface area contributed by atoms with Crippen LogP contribution >= 0.6 is 0 Å². The fourth-order valence-corrected chi connectivity index (χ4v) is 7.90. The highest BCUT2D eigenvalue weighted by atomic mass is 16.3. The highest BCUT2D eigenvalue weighted by molar-refractivity contribution is 5.17. The molecule has 0 saturated heterocycles. The van der Waals surface area contributed by atoms with Gasteiger partial charge in [-0.25, -0.2) is 0 Å². The fraction of sp³-hybridized carbons (Fsp3) is 1.00. The van der Waals surface area contributed by atoms with Crippen LogP contribution < -0.4 is 0 Å². The number of rotatable bonds is 1. The van der Waals surface area contributed by atoms with Crippen molar-refractivity contribution in [3.63, 3.8) is 0 Å². The molecule has 0 amide bonds. The standard InChI is InChI=1S/C20H34O2/c1-17(13-21)7-4-8-18(2)16(17)6-5-14-11-15-12-20(14,18)10-9-19(15,3)22/h14-16,21-22H,4-13H2,1-3H3/t14-,15?,16?,17+,18-,19-,20+/m0/s1. The van der Waals surface area contributed by atoms with E-state index in [4.69, 9.17) is 0 Å². The van der Waals surface area contributed by atoms with E-state index >= 15 is 0 Å². The van der Waals surface area contributed by atoms with Gasteiger partial charge in [-0.2, -0.15) is 0 Å². The van der Waals surface area contributed by atoms with Gasteiger partial charge in [0.15, 0.2) is 0 Å². The second-order valence-electron chi connectivity index (χ2n) is 10.1. The van der Waals surface area contributed by atoms with E-state index in [-0.39, 0.29) is 5.41 Å². The number of aliphatic hydroxyl groups excluding tert-OH is 1. The molecule has 2 unspecified atom stereocenters. The lowest BCUT2D eigenvalue weighted by molar-refractivity contribution is -0.182. The van der Waals surface area contributed by atoms with Gasteiger partial charge in [0, 0.05) is 6.61 Å². The van der Waals surface area contributed by atoms with Crippen molar-refractivity contribution in [2.75, 3.05) is 6.61 Å². The van der Waals surface area contributed by atoms with Crippen molar-refractivity contribution >= 4 is 0 Å². The van der Waals surface area contributed by atoms with E-state index in [2.05, 4.69) is 20.8 Å². The molecule has 4 saturated carbocycles. The Bertz CT molecular complexity index is 472. The summed E-state index contributed by atoms with van der Waals surface area (Å²) >= 11 is 0. The van der Waals surface area contributed by atoms with Crippen LogP contribution in [0.2, 0.25) is 0 Å². The molecule has 0 aliphatic heterocycles. The molecular weight excluding hydrogens is 272 g/mol. The first-order valence-corrected chi connectivity index (χ1v) is 9.61. The van der Waals surface area contributed by atoms with Crippen LogP contribution in [0, 0.1) is 34.0 Å². The van der Waals surface area contributed by atoms with Gasteiger partial charge in [-0.1, -0.05) is 20.3 Å². The maximum absolute atomic E-state index is 10.8. The molecule has 4 rings (SSSR count). The lowest BCUT2D eigenvalue weighted by atomic mass is 9.39. The second kappa shape index (κ2) is 4.51. The predicted octanol–water partition coefficient (Wildman–Crippen LogP) is 4.14. The number of fused-ring (bicyclic) bond motifs is 2. The summed E-state index contributed by atoms with van der Waals surface area (Å²) in [5.41, 5.74) is 0.546. The topological polar surface area (TPSA) is 40.5 Å². The second-order valence-corrected chi connectivity index (χ2v) is 10.1. The first kappa shape index (κ1) is 15.4. The quantitative estimate of drug-likeness (QED) is 0.764. The van der Waals surface area contributed by atoms with Gasteiger partial charge >= 0.3 is 0 Å². The van der Waals surface area contributed by atoms with Crippen molar-refractivity contribution < 1.29 is 10.2 Å². The van der Waals surface area contributed by atoms with Crippen LogP contribution in [-0.2, 0) is 0 Å². The van der Waals surface area contributed by atoms with Gasteiger partial charge in [0.05, 0.1) is 5.60 Å². The van der Waals surface area contributed by atoms with Crippen LogP contribution in [0.1, 0.15) is 78.6 Å². The third kappa shape index (κ3) is 1.69. The summed E-state index contributed by atoms with van der Waals surface area (Å²) in [6.07, 6.45) is 11.2. The zero-order valence-electron chi connectivity index (χ0n) is 14.7. The average molecular weight is 306 g/mol. The molecule has 126 valence electrons. The molecule has 2 heteroatoms. The third-order valence-electron chi connectivity index (χ3n) is 9.27. The zero-order valence-corrected chi connectivity index (χ0v) is 14.7. The Hall–Kier alpha value is -0.0800. The third-order valence-corrected chi connectivity index (χ3v) is 9.27. The Kier molecular flexibility index (Phi) is 3.16. The smallest absolute Gasteiger partial charge is 0.0648 e. The van der Waals surface area contributed by atoms with Gasteiger partial charge < -0.3 is 10.2 Å². The molecule has 2 bridgehead atoms. The highest BCUT2D eigenvalue weighted by Gasteiger charge is 2.68. The fourth-order valence-electron chi connectivity index (χ4n) is 7.90. The summed E-state index contributed by atoms with van der Waals surface area (Å²) < 4.78 is 0. The predicted molar refractivity (Wildman–Crippen MR) is 88.4 cm³/mol. The van der Waals surface area contributed by atoms with Gasteiger partial charge in [0.25, 0.3) is 0 Å². The molecule has 2 N–H and O–H groups in total. The first-order chi connectivity index (χ1) is 10.3. The Morgan fingerprint density at radius 2 is 1.73 bits per heavy atom. The largest absolute Gasteiger partial charge is 0.396 e. The van der Waals surface area contributed by atoms with Crippen LogP contribution in [-0.4, -0.2) is 22.4 Å². The Labute approximate surface area is 135 Å². The van der Waals surface area contributed by atoms with E-state index in [1.807, 2.05) is 0 Å². The number of hydrogen-bond acceptors (Lipinski definition) is 2. The summed E-state index contributed by atoms with van der Waals surface area (Å²) in [5, 5.41) is 20.9. The Morgan fingerprint density at radius 1 is 0.955 bits per heavy atom. The van der Waals surface area contributed by atoms with Gasteiger partial charge in [0.1, 0.15) is 0 Å². The summed E-state index contributed by atoms with van der Waals surface area (Å²) in [7, 11) is 0. The lowest BCUT2D eigenvalue weighted by Gasteiger charge is -2.65. The van der Waals surface area contributed by atoms with Crippen LogP contribution in [0.15, 0.2) is 0 Å². The Balaban J connectivity index is 1.76. The van der Waals surface area contributed by atoms with Gasteiger partial charge in [-0.3, -0.25) is 0 Å². The van der Waals surface area contributed by atoms with Crippen LogP contribution in [0.3, 0.4) is 0 Å². The van der Waals surface area contributed by atoms with Gasteiger partial charge in [0.2, 0.25) is 0 Å². The van der Waals surface area contributed by atoms with Gasteiger partial charge in [-0.15, -0.1) is 0 Å². The SMILES string of the molecule is C[C@]1(CO)CCC[C@@]2(C)C1CC[C@H]1CC3C[C@]12CC[C@]3(C)O. The van der Waals surface area contributed by atoms with Crippen LogP contribution in [0.4, 0.5) is 0 Å². The molecule has 2 nitrogen and oxygen atoms in total. The molecule has 4 aliphatic carbocycles. The Morgan fingerprint density at radius 3 is 2.45 bits per heavy atom. The summed E-state index contributed by atoms with van der Waals surface area (Å²) in [4.78, 5) is 0. The van der Waals surface area contributed by atoms with Crippen molar-refractivity contribution in [2.45, 2.75) is 84.2 Å². The van der Waals surface area contributed by atoms with E-state index in [9.17, 15) is 10.2 Å². The summed E-state index contributed by atoms with van der Waals surface area (Å²) in [5.74, 6) is 2.02. The van der Waals surface area contributed by atoms with E-state index in [1.165, 1.54) is 51.4 Å². The summed E-state index contributed by atoms with van der Waals surface area (Å²) in [6.45, 7) is 7.35. The molecule has 4 fully saturated rings. The molecule has 0 radical (unpaired) electrons. The van der Waals surface area contributed by atoms with Crippen LogP contribution in [0.25, 0.3) is 0 Å². The molecule has 7 atom stereocenters. The highest BCUT2D eigenvalue weighted by Crippen LogP contribution is 2.75. The van der Waals surface area contributed by atoms with Crippen molar-refractivity contribution in [3.05, 3.63) is 0 Å². The van der Waals surface area contributed by atoms with Crippen molar-refractivity contribution in [3.8, 4) is 0 Å². The minimum Gasteiger partial charge on any atom is -0.396 e. The molecule has 1 spiro atoms. The molecule has 0 heterocycles. The van der Waals surface area contributed by atoms with E-state index in [1.54, 1.807) is 0 Å². The molecule has 22 heavy (non-hydrogen) atoms. The molecule has 0 aromatic carbocycles. The lowest BCUT2D eigenvalue weighted by Crippen LogP contribution is -2.59. The maximum atomic E-state index is 10.8. The van der Waals surface area contributed by atoms with Crippen LogP contribution in [0.5, 0.6) is 0 Å². The normalized spacial score (nSPS) is 60.7. The first-order valence-electron chi connectivity index (χ1n) is 9.61. The van der Waals surface area contributed by atoms with E-state index < -0.39 is 5.60 Å². The van der Waals surface area contributed by atoms with Crippen molar-refractivity contribution in [1.29, 1.82) is 0 Å². The van der Waals surface area contributed by atoms with E-state index in [0.717, 1.165) is 12.3 Å². The molecular formula is C20H34O2. The molecule has 0 aromatic rings. The molecule has 4 aliphatic rings. The van der Waals surface area contributed by atoms with Crippen molar-refractivity contribution in [2.24, 2.45) is 34.0 Å². The van der Waals surface area contributed by atoms with Gasteiger partial charge in [-0.05, 0) is 92.3 Å². The molecule has 0 aromatic heterocycles. The minimum atomic E-state index is -0.427.